The predicted molar refractivity (Wildman–Crippen MR) is 46.7 cm³/mol. The average molecular weight is 169 g/mol. The van der Waals surface area contributed by atoms with Gasteiger partial charge in [-0.2, -0.15) is 0 Å². The van der Waals surface area contributed by atoms with Crippen molar-refractivity contribution in [3.63, 3.8) is 0 Å². The summed E-state index contributed by atoms with van der Waals surface area (Å²) in [7, 11) is 0. The second-order valence-electron chi connectivity index (χ2n) is 2.50. The van der Waals surface area contributed by atoms with Crippen LogP contribution in [0.2, 0.25) is 0 Å². The molecule has 1 aromatic heterocycles. The van der Waals surface area contributed by atoms with Crippen LogP contribution in [0.3, 0.4) is 0 Å². The van der Waals surface area contributed by atoms with Gasteiger partial charge in [-0.3, -0.25) is 4.79 Å². The van der Waals surface area contributed by atoms with Gasteiger partial charge >= 0.3 is 0 Å². The molecule has 1 atom stereocenters. The van der Waals surface area contributed by atoms with Gasteiger partial charge in [-0.15, -0.1) is 11.3 Å². The fourth-order valence-corrected chi connectivity index (χ4v) is 1.55. The van der Waals surface area contributed by atoms with E-state index in [0.29, 0.717) is 6.42 Å². The zero-order valence-electron chi connectivity index (χ0n) is 6.41. The molecule has 2 nitrogen and oxygen atoms in total. The zero-order valence-corrected chi connectivity index (χ0v) is 7.23. The first kappa shape index (κ1) is 8.43. The lowest BCUT2D eigenvalue weighted by Crippen LogP contribution is -2.30. The van der Waals surface area contributed by atoms with Crippen LogP contribution in [0.25, 0.3) is 0 Å². The molecule has 0 amide bonds. The minimum atomic E-state index is -0.325. The molecule has 2 N–H and O–H groups in total. The summed E-state index contributed by atoms with van der Waals surface area (Å²) in [5.74, 6) is 0.0541. The third-order valence-corrected chi connectivity index (χ3v) is 2.42. The lowest BCUT2D eigenvalue weighted by molar-refractivity contribution is -0.118. The van der Waals surface area contributed by atoms with E-state index in [1.807, 2.05) is 17.5 Å². The molecule has 0 bridgehead atoms. The highest BCUT2D eigenvalue weighted by Gasteiger charge is 2.08. The van der Waals surface area contributed by atoms with Gasteiger partial charge < -0.3 is 5.73 Å². The Kier molecular flexibility index (Phi) is 2.79. The van der Waals surface area contributed by atoms with Gasteiger partial charge in [-0.1, -0.05) is 6.07 Å². The molecule has 1 aromatic rings. The molecule has 0 aliphatic rings. The van der Waals surface area contributed by atoms with Gasteiger partial charge in [-0.05, 0) is 18.4 Å². The molecule has 1 heterocycles. The zero-order chi connectivity index (χ0) is 8.27. The van der Waals surface area contributed by atoms with E-state index >= 15 is 0 Å². The summed E-state index contributed by atoms with van der Waals surface area (Å²) in [4.78, 5) is 11.9. The van der Waals surface area contributed by atoms with E-state index in [1.54, 1.807) is 11.3 Å². The molecular formula is C8H11NOS. The summed E-state index contributed by atoms with van der Waals surface area (Å²) in [6.45, 7) is 1.53. The summed E-state index contributed by atoms with van der Waals surface area (Å²) in [6, 6.07) is 3.63. The Morgan fingerprint density at radius 2 is 2.55 bits per heavy atom. The van der Waals surface area contributed by atoms with Crippen LogP contribution in [-0.2, 0) is 11.2 Å². The normalized spacial score (nSPS) is 12.9. The van der Waals surface area contributed by atoms with Gasteiger partial charge in [0.2, 0.25) is 0 Å². The van der Waals surface area contributed by atoms with Gasteiger partial charge in [0, 0.05) is 11.3 Å². The summed E-state index contributed by atoms with van der Waals surface area (Å²) < 4.78 is 0. The van der Waals surface area contributed by atoms with Crippen LogP contribution in [-0.4, -0.2) is 11.8 Å². The van der Waals surface area contributed by atoms with E-state index in [1.165, 1.54) is 11.8 Å². The summed E-state index contributed by atoms with van der Waals surface area (Å²) in [6.07, 6.45) is 0.674. The second kappa shape index (κ2) is 3.64. The first-order valence-electron chi connectivity index (χ1n) is 3.48. The molecule has 0 spiro atoms. The number of hydrogen-bond donors (Lipinski definition) is 1. The Labute approximate surface area is 70.0 Å². The van der Waals surface area contributed by atoms with Crippen LogP contribution in [0, 0.1) is 0 Å². The summed E-state index contributed by atoms with van der Waals surface area (Å²) in [5.41, 5.74) is 5.56. The van der Waals surface area contributed by atoms with Crippen molar-refractivity contribution in [1.29, 1.82) is 0 Å². The highest BCUT2D eigenvalue weighted by atomic mass is 32.1. The van der Waals surface area contributed by atoms with Gasteiger partial charge in [0.25, 0.3) is 0 Å². The molecule has 0 radical (unpaired) electrons. The van der Waals surface area contributed by atoms with Crippen LogP contribution in [0.15, 0.2) is 17.5 Å². The fraction of sp³-hybridized carbons (Fsp3) is 0.375. The Morgan fingerprint density at radius 1 is 1.82 bits per heavy atom. The number of carbonyl (C=O) groups excluding carboxylic acids is 1. The van der Waals surface area contributed by atoms with Gasteiger partial charge in [0.05, 0.1) is 6.04 Å². The maximum absolute atomic E-state index is 10.7. The van der Waals surface area contributed by atoms with E-state index in [4.69, 9.17) is 5.73 Å². The summed E-state index contributed by atoms with van der Waals surface area (Å²) >= 11 is 1.64. The molecule has 0 saturated carbocycles. The van der Waals surface area contributed by atoms with Crippen LogP contribution in [0.4, 0.5) is 0 Å². The van der Waals surface area contributed by atoms with Gasteiger partial charge in [-0.25, -0.2) is 0 Å². The van der Waals surface area contributed by atoms with Gasteiger partial charge in [0.15, 0.2) is 0 Å². The highest BCUT2D eigenvalue weighted by Crippen LogP contribution is 2.10. The number of ketones is 1. The van der Waals surface area contributed by atoms with Crippen LogP contribution >= 0.6 is 11.3 Å². The molecule has 0 aliphatic heterocycles. The largest absolute Gasteiger partial charge is 0.321 e. The lowest BCUT2D eigenvalue weighted by atomic mass is 10.1. The average Bonchev–Trinajstić information content (AvgIpc) is 2.39. The standard InChI is InChI=1S/C8H11NOS/c1-6(10)8(9)5-7-3-2-4-11-7/h2-4,8H,5,9H2,1H3/t8-/m1/s1. The molecule has 0 unspecified atom stereocenters. The maximum atomic E-state index is 10.7. The van der Waals surface area contributed by atoms with Crippen LogP contribution in [0.5, 0.6) is 0 Å². The monoisotopic (exact) mass is 169 g/mol. The first-order valence-corrected chi connectivity index (χ1v) is 4.36. The SMILES string of the molecule is CC(=O)[C@H](N)Cc1cccs1. The number of nitrogens with two attached hydrogens (primary N) is 1. The quantitative estimate of drug-likeness (QED) is 0.739. The Bertz CT molecular complexity index is 230. The summed E-state index contributed by atoms with van der Waals surface area (Å²) in [5, 5.41) is 1.99. The number of thiophene rings is 1. The predicted octanol–water partition coefficient (Wildman–Crippen LogP) is 1.21. The van der Waals surface area contributed by atoms with Crippen LogP contribution < -0.4 is 5.73 Å². The van der Waals surface area contributed by atoms with Crippen molar-refractivity contribution in [1.82, 2.24) is 0 Å². The van der Waals surface area contributed by atoms with Crippen molar-refractivity contribution >= 4 is 17.1 Å². The van der Waals surface area contributed by atoms with Crippen molar-refractivity contribution in [2.24, 2.45) is 5.73 Å². The molecule has 0 fully saturated rings. The molecule has 60 valence electrons. The number of carbonyl (C=O) groups is 1. The molecule has 0 saturated heterocycles. The number of Topliss-reactive ketones (excluding diaryl/α,β-unsaturated/α-hetero) is 1. The minimum Gasteiger partial charge on any atom is -0.321 e. The fourth-order valence-electron chi connectivity index (χ4n) is 0.789. The number of rotatable bonds is 3. The van der Waals surface area contributed by atoms with Crippen molar-refractivity contribution in [2.75, 3.05) is 0 Å². The van der Waals surface area contributed by atoms with E-state index in [0.717, 1.165) is 0 Å². The van der Waals surface area contributed by atoms with E-state index in [2.05, 4.69) is 0 Å². The lowest BCUT2D eigenvalue weighted by Gasteiger charge is -2.03. The minimum absolute atomic E-state index is 0.0541. The smallest absolute Gasteiger partial charge is 0.146 e. The molecule has 1 rings (SSSR count). The van der Waals surface area contributed by atoms with E-state index in [-0.39, 0.29) is 11.8 Å². The number of hydrogen-bond acceptors (Lipinski definition) is 3. The Hall–Kier alpha value is -0.670. The Morgan fingerprint density at radius 3 is 3.00 bits per heavy atom. The maximum Gasteiger partial charge on any atom is 0.146 e. The first-order chi connectivity index (χ1) is 5.20. The molecular weight excluding hydrogens is 158 g/mol. The van der Waals surface area contributed by atoms with E-state index < -0.39 is 0 Å². The van der Waals surface area contributed by atoms with Crippen molar-refractivity contribution in [3.8, 4) is 0 Å². The molecule has 0 aromatic carbocycles. The molecule has 11 heavy (non-hydrogen) atoms. The van der Waals surface area contributed by atoms with Gasteiger partial charge in [0.1, 0.15) is 5.78 Å². The van der Waals surface area contributed by atoms with E-state index in [9.17, 15) is 4.79 Å². The topological polar surface area (TPSA) is 43.1 Å². The highest BCUT2D eigenvalue weighted by molar-refractivity contribution is 7.09. The third kappa shape index (κ3) is 2.44. The molecule has 3 heteroatoms. The third-order valence-electron chi connectivity index (χ3n) is 1.52. The second-order valence-corrected chi connectivity index (χ2v) is 3.53. The van der Waals surface area contributed by atoms with Crippen molar-refractivity contribution in [2.45, 2.75) is 19.4 Å². The van der Waals surface area contributed by atoms with Crippen molar-refractivity contribution < 1.29 is 4.79 Å². The Balaban J connectivity index is 2.50. The van der Waals surface area contributed by atoms with Crippen LogP contribution in [0.1, 0.15) is 11.8 Å². The van der Waals surface area contributed by atoms with Crippen molar-refractivity contribution in [3.05, 3.63) is 22.4 Å². The molecule has 0 aliphatic carbocycles.